The molecule has 1 atom stereocenters. The molecule has 0 heterocycles. The standard InChI is InChI=1S/C14H21N3O2/c15-13(17-19)9-12(11-5-2-1-3-6-11)16-14(10-18)7-4-8-14/h1-3,5-6,12,16,18-19H,4,7-10H2,(H2,15,17). The van der Waals surface area contributed by atoms with E-state index in [9.17, 15) is 5.11 Å². The summed E-state index contributed by atoms with van der Waals surface area (Å²) < 4.78 is 0. The minimum Gasteiger partial charge on any atom is -0.409 e. The number of oxime groups is 1. The van der Waals surface area contributed by atoms with Crippen LogP contribution in [0.4, 0.5) is 0 Å². The third-order valence-electron chi connectivity index (χ3n) is 3.84. The predicted octanol–water partition coefficient (Wildman–Crippen LogP) is 1.37. The van der Waals surface area contributed by atoms with Crippen molar-refractivity contribution in [2.75, 3.05) is 6.61 Å². The highest BCUT2D eigenvalue weighted by molar-refractivity contribution is 5.80. The number of nitrogens with zero attached hydrogens (tertiary/aromatic N) is 1. The molecule has 104 valence electrons. The minimum absolute atomic E-state index is 0.0513. The van der Waals surface area contributed by atoms with Crippen molar-refractivity contribution in [3.8, 4) is 0 Å². The minimum atomic E-state index is -0.212. The Balaban J connectivity index is 2.15. The van der Waals surface area contributed by atoms with Crippen LogP contribution in [0.1, 0.15) is 37.3 Å². The first-order chi connectivity index (χ1) is 9.19. The molecule has 1 fully saturated rings. The average molecular weight is 263 g/mol. The lowest BCUT2D eigenvalue weighted by Gasteiger charge is -2.44. The van der Waals surface area contributed by atoms with Crippen molar-refractivity contribution in [2.24, 2.45) is 10.9 Å². The number of benzene rings is 1. The molecule has 1 aromatic rings. The molecule has 5 nitrogen and oxygen atoms in total. The van der Waals surface area contributed by atoms with Crippen molar-refractivity contribution in [1.82, 2.24) is 5.32 Å². The van der Waals surface area contributed by atoms with Crippen LogP contribution in [-0.4, -0.2) is 28.3 Å². The van der Waals surface area contributed by atoms with Gasteiger partial charge in [0.1, 0.15) is 5.84 Å². The van der Waals surface area contributed by atoms with Gasteiger partial charge >= 0.3 is 0 Å². The Morgan fingerprint density at radius 2 is 2.05 bits per heavy atom. The number of aliphatic hydroxyl groups is 1. The molecular weight excluding hydrogens is 242 g/mol. The van der Waals surface area contributed by atoms with E-state index in [0.717, 1.165) is 24.8 Å². The number of hydrogen-bond acceptors (Lipinski definition) is 4. The molecule has 1 aromatic carbocycles. The summed E-state index contributed by atoms with van der Waals surface area (Å²) in [4.78, 5) is 0. The van der Waals surface area contributed by atoms with Crippen molar-refractivity contribution in [3.05, 3.63) is 35.9 Å². The van der Waals surface area contributed by atoms with Crippen molar-refractivity contribution in [1.29, 1.82) is 0 Å². The van der Waals surface area contributed by atoms with E-state index >= 15 is 0 Å². The summed E-state index contributed by atoms with van der Waals surface area (Å²) in [6.45, 7) is 0.118. The number of amidine groups is 1. The maximum Gasteiger partial charge on any atom is 0.141 e. The summed E-state index contributed by atoms with van der Waals surface area (Å²) in [7, 11) is 0. The summed E-state index contributed by atoms with van der Waals surface area (Å²) in [6, 6.07) is 9.84. The first kappa shape index (κ1) is 13.8. The number of aliphatic hydroxyl groups excluding tert-OH is 1. The molecule has 2 rings (SSSR count). The summed E-state index contributed by atoms with van der Waals surface area (Å²) in [5.74, 6) is 0.189. The fraction of sp³-hybridized carbons (Fsp3) is 0.500. The molecule has 19 heavy (non-hydrogen) atoms. The van der Waals surface area contributed by atoms with E-state index < -0.39 is 0 Å². The smallest absolute Gasteiger partial charge is 0.141 e. The Labute approximate surface area is 113 Å². The zero-order valence-electron chi connectivity index (χ0n) is 10.9. The number of nitrogens with two attached hydrogens (primary N) is 1. The zero-order chi connectivity index (χ0) is 13.7. The van der Waals surface area contributed by atoms with E-state index in [0.29, 0.717) is 6.42 Å². The second kappa shape index (κ2) is 6.04. The molecule has 1 saturated carbocycles. The molecule has 0 aliphatic heterocycles. The molecule has 0 spiro atoms. The Morgan fingerprint density at radius 3 is 2.53 bits per heavy atom. The highest BCUT2D eigenvalue weighted by atomic mass is 16.4. The number of rotatable bonds is 6. The van der Waals surface area contributed by atoms with Crippen molar-refractivity contribution >= 4 is 5.84 Å². The molecular formula is C14H21N3O2. The van der Waals surface area contributed by atoms with E-state index in [1.807, 2.05) is 30.3 Å². The van der Waals surface area contributed by atoms with Gasteiger partial charge in [-0.15, -0.1) is 0 Å². The average Bonchev–Trinajstić information content (AvgIpc) is 2.42. The topological polar surface area (TPSA) is 90.9 Å². The van der Waals surface area contributed by atoms with Crippen LogP contribution in [0.3, 0.4) is 0 Å². The number of nitrogens with one attached hydrogen (secondary N) is 1. The van der Waals surface area contributed by atoms with Crippen LogP contribution in [0.2, 0.25) is 0 Å². The summed E-state index contributed by atoms with van der Waals surface area (Å²) in [6.07, 6.45) is 3.47. The quantitative estimate of drug-likeness (QED) is 0.270. The summed E-state index contributed by atoms with van der Waals surface area (Å²) in [5.41, 5.74) is 6.49. The lowest BCUT2D eigenvalue weighted by atomic mass is 9.76. The lowest BCUT2D eigenvalue weighted by molar-refractivity contribution is 0.0771. The van der Waals surface area contributed by atoms with Crippen LogP contribution in [-0.2, 0) is 0 Å². The van der Waals surface area contributed by atoms with E-state index in [1.165, 1.54) is 0 Å². The second-order valence-corrected chi connectivity index (χ2v) is 5.20. The van der Waals surface area contributed by atoms with Gasteiger partial charge < -0.3 is 21.4 Å². The van der Waals surface area contributed by atoms with Gasteiger partial charge in [-0.1, -0.05) is 35.5 Å². The molecule has 1 unspecified atom stereocenters. The van der Waals surface area contributed by atoms with Gasteiger partial charge in [-0.3, -0.25) is 0 Å². The van der Waals surface area contributed by atoms with E-state index in [1.54, 1.807) is 0 Å². The van der Waals surface area contributed by atoms with Gasteiger partial charge in [0.05, 0.1) is 6.61 Å². The Hall–Kier alpha value is -1.59. The Morgan fingerprint density at radius 1 is 1.37 bits per heavy atom. The van der Waals surface area contributed by atoms with Crippen LogP contribution in [0, 0.1) is 0 Å². The van der Waals surface area contributed by atoms with Crippen molar-refractivity contribution in [2.45, 2.75) is 37.3 Å². The van der Waals surface area contributed by atoms with Crippen LogP contribution < -0.4 is 11.1 Å². The SMILES string of the molecule is N/C(CC(NC1(CO)CCC1)c1ccccc1)=N/O. The molecule has 1 aliphatic rings. The summed E-state index contributed by atoms with van der Waals surface area (Å²) >= 11 is 0. The van der Waals surface area contributed by atoms with Crippen LogP contribution in [0.15, 0.2) is 35.5 Å². The summed E-state index contributed by atoms with van der Waals surface area (Å²) in [5, 5.41) is 24.8. The van der Waals surface area contributed by atoms with Crippen molar-refractivity contribution in [3.63, 3.8) is 0 Å². The van der Waals surface area contributed by atoms with Gasteiger partial charge in [0.15, 0.2) is 0 Å². The van der Waals surface area contributed by atoms with E-state index in [4.69, 9.17) is 10.9 Å². The van der Waals surface area contributed by atoms with Gasteiger partial charge in [0, 0.05) is 18.0 Å². The zero-order valence-corrected chi connectivity index (χ0v) is 10.9. The maximum atomic E-state index is 9.55. The van der Waals surface area contributed by atoms with Gasteiger partial charge in [0.25, 0.3) is 0 Å². The molecule has 5 heteroatoms. The second-order valence-electron chi connectivity index (χ2n) is 5.20. The molecule has 0 saturated heterocycles. The third kappa shape index (κ3) is 3.24. The van der Waals surface area contributed by atoms with Gasteiger partial charge in [-0.05, 0) is 24.8 Å². The highest BCUT2D eigenvalue weighted by Crippen LogP contribution is 2.34. The van der Waals surface area contributed by atoms with E-state index in [-0.39, 0.29) is 24.0 Å². The van der Waals surface area contributed by atoms with Crippen LogP contribution >= 0.6 is 0 Å². The van der Waals surface area contributed by atoms with Crippen molar-refractivity contribution < 1.29 is 10.3 Å². The van der Waals surface area contributed by atoms with E-state index in [2.05, 4.69) is 10.5 Å². The predicted molar refractivity (Wildman–Crippen MR) is 74.0 cm³/mol. The molecule has 0 bridgehead atoms. The van der Waals surface area contributed by atoms with Gasteiger partial charge in [0.2, 0.25) is 0 Å². The molecule has 5 N–H and O–H groups in total. The molecule has 0 radical (unpaired) electrons. The monoisotopic (exact) mass is 263 g/mol. The molecule has 0 aromatic heterocycles. The fourth-order valence-electron chi connectivity index (χ4n) is 2.51. The molecule has 1 aliphatic carbocycles. The van der Waals surface area contributed by atoms with Gasteiger partial charge in [-0.2, -0.15) is 0 Å². The third-order valence-corrected chi connectivity index (χ3v) is 3.84. The first-order valence-electron chi connectivity index (χ1n) is 6.59. The Bertz CT molecular complexity index is 424. The largest absolute Gasteiger partial charge is 0.409 e. The first-order valence-corrected chi connectivity index (χ1v) is 6.59. The molecule has 0 amide bonds. The normalized spacial score (nSPS) is 19.7. The highest BCUT2D eigenvalue weighted by Gasteiger charge is 2.38. The Kier molecular flexibility index (Phi) is 4.39. The van der Waals surface area contributed by atoms with Gasteiger partial charge in [-0.25, -0.2) is 0 Å². The lowest BCUT2D eigenvalue weighted by Crippen LogP contribution is -2.55. The fourth-order valence-corrected chi connectivity index (χ4v) is 2.51. The van der Waals surface area contributed by atoms with Crippen LogP contribution in [0.25, 0.3) is 0 Å². The number of hydrogen-bond donors (Lipinski definition) is 4. The maximum absolute atomic E-state index is 9.55. The van der Waals surface area contributed by atoms with Crippen LogP contribution in [0.5, 0.6) is 0 Å².